The predicted molar refractivity (Wildman–Crippen MR) is 72.0 cm³/mol. The molecule has 1 saturated heterocycles. The number of hydrogen-bond acceptors (Lipinski definition) is 2. The van der Waals surface area contributed by atoms with Gasteiger partial charge in [0.25, 0.3) is 0 Å². The second-order valence-corrected chi connectivity index (χ2v) is 5.46. The lowest BCUT2D eigenvalue weighted by Crippen LogP contribution is -2.51. The van der Waals surface area contributed by atoms with Gasteiger partial charge in [0, 0.05) is 31.6 Å². The van der Waals surface area contributed by atoms with E-state index in [-0.39, 0.29) is 5.41 Å². The third-order valence-electron chi connectivity index (χ3n) is 3.80. The summed E-state index contributed by atoms with van der Waals surface area (Å²) in [7, 11) is 0. The van der Waals surface area contributed by atoms with Crippen molar-refractivity contribution in [1.82, 2.24) is 10.2 Å². The van der Waals surface area contributed by atoms with Gasteiger partial charge in [0.2, 0.25) is 5.91 Å². The zero-order valence-electron chi connectivity index (χ0n) is 11.7. The van der Waals surface area contributed by atoms with Crippen LogP contribution < -0.4 is 5.32 Å². The first-order chi connectivity index (χ1) is 8.14. The summed E-state index contributed by atoms with van der Waals surface area (Å²) < 4.78 is 0. The molecule has 0 aromatic rings. The molecule has 1 rings (SSSR count). The van der Waals surface area contributed by atoms with Crippen LogP contribution in [0.25, 0.3) is 0 Å². The summed E-state index contributed by atoms with van der Waals surface area (Å²) >= 11 is 0. The molecule has 3 nitrogen and oxygen atoms in total. The quantitative estimate of drug-likeness (QED) is 0.773. The second-order valence-electron chi connectivity index (χ2n) is 5.46. The summed E-state index contributed by atoms with van der Waals surface area (Å²) in [5, 5.41) is 3.30. The molecule has 1 atom stereocenters. The first kappa shape index (κ1) is 14.5. The fraction of sp³-hybridized carbons (Fsp3) is 0.929. The summed E-state index contributed by atoms with van der Waals surface area (Å²) in [6.45, 7) is 10.2. The van der Waals surface area contributed by atoms with Gasteiger partial charge in [0.1, 0.15) is 0 Å². The Labute approximate surface area is 106 Å². The highest BCUT2D eigenvalue weighted by atomic mass is 16.2. The SMILES string of the molecule is CCCCC(C)(CCC)C(=O)N1CCNCC1. The van der Waals surface area contributed by atoms with Crippen molar-refractivity contribution < 1.29 is 4.79 Å². The van der Waals surface area contributed by atoms with Crippen molar-refractivity contribution in [3.05, 3.63) is 0 Å². The molecule has 1 N–H and O–H groups in total. The minimum absolute atomic E-state index is 0.123. The smallest absolute Gasteiger partial charge is 0.228 e. The van der Waals surface area contributed by atoms with Gasteiger partial charge in [-0.15, -0.1) is 0 Å². The van der Waals surface area contributed by atoms with Crippen molar-refractivity contribution >= 4 is 5.91 Å². The van der Waals surface area contributed by atoms with Gasteiger partial charge in [-0.3, -0.25) is 4.79 Å². The van der Waals surface area contributed by atoms with Crippen LogP contribution in [0, 0.1) is 5.41 Å². The molecule has 0 saturated carbocycles. The fourth-order valence-electron chi connectivity index (χ4n) is 2.71. The molecular weight excluding hydrogens is 212 g/mol. The number of hydrogen-bond donors (Lipinski definition) is 1. The normalized spacial score (nSPS) is 20.1. The molecule has 0 aromatic heterocycles. The van der Waals surface area contributed by atoms with Gasteiger partial charge in [-0.2, -0.15) is 0 Å². The zero-order chi connectivity index (χ0) is 12.7. The number of nitrogens with zero attached hydrogens (tertiary/aromatic N) is 1. The van der Waals surface area contributed by atoms with Crippen molar-refractivity contribution in [3.8, 4) is 0 Å². The number of unbranched alkanes of at least 4 members (excludes halogenated alkanes) is 1. The van der Waals surface area contributed by atoms with Crippen LogP contribution in [-0.2, 0) is 4.79 Å². The highest BCUT2D eigenvalue weighted by Gasteiger charge is 2.35. The first-order valence-corrected chi connectivity index (χ1v) is 7.14. The second kappa shape index (κ2) is 7.00. The van der Waals surface area contributed by atoms with Crippen molar-refractivity contribution in [1.29, 1.82) is 0 Å². The third kappa shape index (κ3) is 3.98. The number of piperazine rings is 1. The molecule has 100 valence electrons. The van der Waals surface area contributed by atoms with E-state index in [1.54, 1.807) is 0 Å². The lowest BCUT2D eigenvalue weighted by atomic mass is 9.79. The molecule has 0 aliphatic carbocycles. The highest BCUT2D eigenvalue weighted by molar-refractivity contribution is 5.82. The average Bonchev–Trinajstić information content (AvgIpc) is 2.37. The topological polar surface area (TPSA) is 32.3 Å². The van der Waals surface area contributed by atoms with Gasteiger partial charge >= 0.3 is 0 Å². The van der Waals surface area contributed by atoms with Crippen LogP contribution in [0.3, 0.4) is 0 Å². The van der Waals surface area contributed by atoms with Gasteiger partial charge in [0.15, 0.2) is 0 Å². The number of carbonyl (C=O) groups is 1. The van der Waals surface area contributed by atoms with E-state index in [9.17, 15) is 4.79 Å². The maximum absolute atomic E-state index is 12.6. The minimum atomic E-state index is -0.123. The Morgan fingerprint density at radius 1 is 1.18 bits per heavy atom. The molecule has 1 amide bonds. The Bertz CT molecular complexity index is 236. The number of nitrogens with one attached hydrogen (secondary N) is 1. The molecule has 1 unspecified atom stereocenters. The largest absolute Gasteiger partial charge is 0.340 e. The van der Waals surface area contributed by atoms with Gasteiger partial charge in [-0.05, 0) is 12.8 Å². The van der Waals surface area contributed by atoms with Crippen LogP contribution in [0.2, 0.25) is 0 Å². The molecule has 0 radical (unpaired) electrons. The summed E-state index contributed by atoms with van der Waals surface area (Å²) in [6.07, 6.45) is 5.50. The molecule has 1 heterocycles. The lowest BCUT2D eigenvalue weighted by molar-refractivity contribution is -0.142. The molecule has 1 aliphatic rings. The maximum Gasteiger partial charge on any atom is 0.228 e. The van der Waals surface area contributed by atoms with Gasteiger partial charge in [0.05, 0.1) is 0 Å². The summed E-state index contributed by atoms with van der Waals surface area (Å²) in [5.41, 5.74) is -0.123. The van der Waals surface area contributed by atoms with E-state index >= 15 is 0 Å². The van der Waals surface area contributed by atoms with Crippen molar-refractivity contribution in [2.24, 2.45) is 5.41 Å². The van der Waals surface area contributed by atoms with Crippen LogP contribution in [-0.4, -0.2) is 37.0 Å². The van der Waals surface area contributed by atoms with E-state index < -0.39 is 0 Å². The Morgan fingerprint density at radius 2 is 1.82 bits per heavy atom. The lowest BCUT2D eigenvalue weighted by Gasteiger charge is -2.36. The molecule has 1 fully saturated rings. The van der Waals surface area contributed by atoms with Gasteiger partial charge in [-0.1, -0.05) is 40.0 Å². The van der Waals surface area contributed by atoms with Crippen LogP contribution in [0.1, 0.15) is 52.9 Å². The van der Waals surface area contributed by atoms with E-state index in [0.717, 1.165) is 51.9 Å². The zero-order valence-corrected chi connectivity index (χ0v) is 11.7. The summed E-state index contributed by atoms with van der Waals surface area (Å²) in [4.78, 5) is 14.7. The number of rotatable bonds is 6. The van der Waals surface area contributed by atoms with Gasteiger partial charge in [-0.25, -0.2) is 0 Å². The molecule has 1 aliphatic heterocycles. The van der Waals surface area contributed by atoms with E-state index in [1.807, 2.05) is 0 Å². The molecular formula is C14H28N2O. The van der Waals surface area contributed by atoms with E-state index in [0.29, 0.717) is 5.91 Å². The number of carbonyl (C=O) groups excluding carboxylic acids is 1. The van der Waals surface area contributed by atoms with E-state index in [1.165, 1.54) is 6.42 Å². The molecule has 0 aromatic carbocycles. The first-order valence-electron chi connectivity index (χ1n) is 7.14. The van der Waals surface area contributed by atoms with Crippen molar-refractivity contribution in [2.75, 3.05) is 26.2 Å². The van der Waals surface area contributed by atoms with E-state index in [4.69, 9.17) is 0 Å². The van der Waals surface area contributed by atoms with Crippen molar-refractivity contribution in [3.63, 3.8) is 0 Å². The Morgan fingerprint density at radius 3 is 2.35 bits per heavy atom. The van der Waals surface area contributed by atoms with Crippen LogP contribution in [0.5, 0.6) is 0 Å². The Balaban J connectivity index is 2.63. The minimum Gasteiger partial charge on any atom is -0.340 e. The third-order valence-corrected chi connectivity index (χ3v) is 3.80. The van der Waals surface area contributed by atoms with E-state index in [2.05, 4.69) is 31.0 Å². The molecule has 17 heavy (non-hydrogen) atoms. The standard InChI is InChI=1S/C14H28N2O/c1-4-6-8-14(3,7-5-2)13(17)16-11-9-15-10-12-16/h15H,4-12H2,1-3H3. The molecule has 0 bridgehead atoms. The molecule has 0 spiro atoms. The Kier molecular flexibility index (Phi) is 5.96. The van der Waals surface area contributed by atoms with Crippen LogP contribution in [0.15, 0.2) is 0 Å². The van der Waals surface area contributed by atoms with Crippen LogP contribution in [0.4, 0.5) is 0 Å². The monoisotopic (exact) mass is 240 g/mol. The Hall–Kier alpha value is -0.570. The predicted octanol–water partition coefficient (Wildman–Crippen LogP) is 2.41. The highest BCUT2D eigenvalue weighted by Crippen LogP contribution is 2.32. The number of amides is 1. The fourth-order valence-corrected chi connectivity index (χ4v) is 2.71. The summed E-state index contributed by atoms with van der Waals surface area (Å²) in [5.74, 6) is 0.384. The summed E-state index contributed by atoms with van der Waals surface area (Å²) in [6, 6.07) is 0. The average molecular weight is 240 g/mol. The van der Waals surface area contributed by atoms with Crippen molar-refractivity contribution in [2.45, 2.75) is 52.9 Å². The van der Waals surface area contributed by atoms with Gasteiger partial charge < -0.3 is 10.2 Å². The van der Waals surface area contributed by atoms with Crippen LogP contribution >= 0.6 is 0 Å². The maximum atomic E-state index is 12.6. The molecule has 3 heteroatoms.